The molecule has 0 unspecified atom stereocenters. The van der Waals surface area contributed by atoms with E-state index in [0.717, 1.165) is 0 Å². The molecule has 3 rings (SSSR count). The minimum absolute atomic E-state index is 0.0203. The number of nitrogens with zero attached hydrogens (tertiary/aromatic N) is 4. The van der Waals surface area contributed by atoms with Crippen molar-refractivity contribution in [3.63, 3.8) is 0 Å². The minimum atomic E-state index is -0.396. The van der Waals surface area contributed by atoms with Crippen molar-refractivity contribution < 1.29 is 14.3 Å². The van der Waals surface area contributed by atoms with Gasteiger partial charge in [-0.05, 0) is 62.5 Å². The Hall–Kier alpha value is -3.20. The monoisotopic (exact) mass is 385 g/mol. The first-order valence-electron chi connectivity index (χ1n) is 8.36. The molecule has 0 aliphatic carbocycles. The molecule has 0 spiro atoms. The minimum Gasteiger partial charge on any atom is -0.462 e. The molecule has 0 radical (unpaired) electrons. The van der Waals surface area contributed by atoms with Crippen molar-refractivity contribution in [2.75, 3.05) is 11.9 Å². The summed E-state index contributed by atoms with van der Waals surface area (Å²) in [6.45, 7) is 3.86. The largest absolute Gasteiger partial charge is 0.462 e. The van der Waals surface area contributed by atoms with E-state index in [1.54, 1.807) is 40.5 Å². The average molecular weight is 385 g/mol. The second-order valence-corrected chi connectivity index (χ2v) is 6.07. The summed E-state index contributed by atoms with van der Waals surface area (Å²) in [6, 6.07) is 10.3. The number of carbonyl (C=O) groups excluding carboxylic acids is 2. The van der Waals surface area contributed by atoms with Crippen LogP contribution in [0.4, 0.5) is 5.69 Å². The fraction of sp³-hybridized carbons (Fsp3) is 0.222. The van der Waals surface area contributed by atoms with Crippen molar-refractivity contribution in [1.29, 1.82) is 0 Å². The smallest absolute Gasteiger partial charge is 0.338 e. The standard InChI is InChI=1S/C18H19N5O3S/c1-3-26-17(25)14-6-8-15(9-7-14)19-16(24)12-22-18(27)23(13(2)20-22)21-10-4-5-11-21/h4-11H,3,12H2,1-2H3,(H,19,24). The number of anilines is 1. The summed E-state index contributed by atoms with van der Waals surface area (Å²) in [5, 5.41) is 7.10. The molecule has 2 heterocycles. The van der Waals surface area contributed by atoms with Gasteiger partial charge in [-0.3, -0.25) is 9.47 Å². The molecule has 9 heteroatoms. The zero-order valence-corrected chi connectivity index (χ0v) is 15.8. The molecule has 0 saturated heterocycles. The number of rotatable bonds is 6. The summed E-state index contributed by atoms with van der Waals surface area (Å²) < 4.78 is 10.3. The van der Waals surface area contributed by atoms with Crippen LogP contribution in [0.25, 0.3) is 0 Å². The van der Waals surface area contributed by atoms with Crippen LogP contribution in [0, 0.1) is 11.7 Å². The second kappa shape index (κ2) is 8.00. The molecule has 1 aromatic carbocycles. The van der Waals surface area contributed by atoms with Crippen LogP contribution in [0.2, 0.25) is 0 Å². The first kappa shape index (κ1) is 18.6. The van der Waals surface area contributed by atoms with Crippen LogP contribution in [0.5, 0.6) is 0 Å². The first-order valence-corrected chi connectivity index (χ1v) is 8.77. The van der Waals surface area contributed by atoms with E-state index in [0.29, 0.717) is 28.5 Å². The van der Waals surface area contributed by atoms with Crippen molar-refractivity contribution in [3.8, 4) is 0 Å². The predicted octanol–water partition coefficient (Wildman–Crippen LogP) is 2.65. The lowest BCUT2D eigenvalue weighted by Gasteiger charge is -2.07. The van der Waals surface area contributed by atoms with Gasteiger partial charge in [-0.2, -0.15) is 5.10 Å². The van der Waals surface area contributed by atoms with Crippen molar-refractivity contribution in [2.45, 2.75) is 20.4 Å². The molecule has 2 aromatic heterocycles. The highest BCUT2D eigenvalue weighted by molar-refractivity contribution is 7.71. The third-order valence-electron chi connectivity index (χ3n) is 3.77. The van der Waals surface area contributed by atoms with Gasteiger partial charge in [0.2, 0.25) is 10.7 Å². The molecule has 0 bridgehead atoms. The van der Waals surface area contributed by atoms with E-state index in [2.05, 4.69) is 10.4 Å². The van der Waals surface area contributed by atoms with Crippen molar-refractivity contribution >= 4 is 29.8 Å². The summed E-state index contributed by atoms with van der Waals surface area (Å²) in [6.07, 6.45) is 3.69. The molecule has 3 aromatic rings. The van der Waals surface area contributed by atoms with Gasteiger partial charge >= 0.3 is 5.97 Å². The number of hydrogen-bond acceptors (Lipinski definition) is 5. The van der Waals surface area contributed by atoms with Crippen molar-refractivity contribution in [2.24, 2.45) is 0 Å². The van der Waals surface area contributed by atoms with Crippen LogP contribution in [-0.4, -0.2) is 37.6 Å². The van der Waals surface area contributed by atoms with Gasteiger partial charge in [-0.25, -0.2) is 14.2 Å². The summed E-state index contributed by atoms with van der Waals surface area (Å²) >= 11 is 5.43. The number of benzene rings is 1. The highest BCUT2D eigenvalue weighted by Gasteiger charge is 2.12. The Morgan fingerprint density at radius 3 is 2.48 bits per heavy atom. The van der Waals surface area contributed by atoms with E-state index in [1.807, 2.05) is 31.5 Å². The molecule has 0 aliphatic heterocycles. The molecule has 0 saturated carbocycles. The fourth-order valence-electron chi connectivity index (χ4n) is 2.58. The van der Waals surface area contributed by atoms with Gasteiger partial charge in [0.15, 0.2) is 0 Å². The number of hydrogen-bond donors (Lipinski definition) is 1. The van der Waals surface area contributed by atoms with Crippen LogP contribution < -0.4 is 5.32 Å². The SMILES string of the molecule is CCOC(=O)c1ccc(NC(=O)Cn2nc(C)n(-n3cccc3)c2=S)cc1. The quantitative estimate of drug-likeness (QED) is 0.521. The Balaban J connectivity index is 1.69. The van der Waals surface area contributed by atoms with Gasteiger partial charge in [-0.1, -0.05) is 0 Å². The lowest BCUT2D eigenvalue weighted by molar-refractivity contribution is -0.116. The van der Waals surface area contributed by atoms with Gasteiger partial charge in [0, 0.05) is 18.1 Å². The predicted molar refractivity (Wildman–Crippen MR) is 102 cm³/mol. The summed E-state index contributed by atoms with van der Waals surface area (Å²) in [4.78, 5) is 24.0. The van der Waals surface area contributed by atoms with Gasteiger partial charge in [0.25, 0.3) is 0 Å². The third kappa shape index (κ3) is 4.14. The van der Waals surface area contributed by atoms with Gasteiger partial charge in [0.05, 0.1) is 12.2 Å². The number of amides is 1. The van der Waals surface area contributed by atoms with Gasteiger partial charge in [-0.15, -0.1) is 0 Å². The van der Waals surface area contributed by atoms with Crippen molar-refractivity contribution in [1.82, 2.24) is 19.1 Å². The van der Waals surface area contributed by atoms with E-state index in [-0.39, 0.29) is 12.5 Å². The highest BCUT2D eigenvalue weighted by atomic mass is 32.1. The number of nitrogens with one attached hydrogen (secondary N) is 1. The zero-order valence-electron chi connectivity index (χ0n) is 15.0. The third-order valence-corrected chi connectivity index (χ3v) is 4.15. The number of aromatic nitrogens is 4. The molecule has 0 fully saturated rings. The Kier molecular flexibility index (Phi) is 5.51. The van der Waals surface area contributed by atoms with Crippen LogP contribution >= 0.6 is 12.2 Å². The lowest BCUT2D eigenvalue weighted by Crippen LogP contribution is -2.20. The van der Waals surface area contributed by atoms with Crippen LogP contribution in [0.1, 0.15) is 23.1 Å². The molecule has 140 valence electrons. The Morgan fingerprint density at radius 1 is 1.19 bits per heavy atom. The van der Waals surface area contributed by atoms with E-state index >= 15 is 0 Å². The van der Waals surface area contributed by atoms with E-state index in [4.69, 9.17) is 17.0 Å². The normalized spacial score (nSPS) is 10.6. The second-order valence-electron chi connectivity index (χ2n) is 5.71. The molecule has 1 N–H and O–H groups in total. The zero-order chi connectivity index (χ0) is 19.4. The van der Waals surface area contributed by atoms with E-state index in [9.17, 15) is 9.59 Å². The van der Waals surface area contributed by atoms with Crippen LogP contribution in [0.15, 0.2) is 48.8 Å². The Bertz CT molecular complexity index is 1000. The molecule has 8 nitrogen and oxygen atoms in total. The maximum atomic E-state index is 12.3. The lowest BCUT2D eigenvalue weighted by atomic mass is 10.2. The van der Waals surface area contributed by atoms with Gasteiger partial charge < -0.3 is 10.1 Å². The van der Waals surface area contributed by atoms with E-state index in [1.165, 1.54) is 4.68 Å². The average Bonchev–Trinajstić information content (AvgIpc) is 3.24. The topological polar surface area (TPSA) is 83.1 Å². The summed E-state index contributed by atoms with van der Waals surface area (Å²) in [5.41, 5.74) is 0.999. The number of ether oxygens (including phenoxy) is 1. The number of aryl methyl sites for hydroxylation is 1. The molecular weight excluding hydrogens is 366 g/mol. The fourth-order valence-corrected chi connectivity index (χ4v) is 2.91. The van der Waals surface area contributed by atoms with Crippen LogP contribution in [-0.2, 0) is 16.1 Å². The maximum absolute atomic E-state index is 12.3. The first-order chi connectivity index (χ1) is 13.0. The maximum Gasteiger partial charge on any atom is 0.338 e. The van der Waals surface area contributed by atoms with E-state index < -0.39 is 5.97 Å². The summed E-state index contributed by atoms with van der Waals surface area (Å²) in [5.74, 6) is 0.00244. The molecule has 1 amide bonds. The Morgan fingerprint density at radius 2 is 1.85 bits per heavy atom. The van der Waals surface area contributed by atoms with Crippen molar-refractivity contribution in [3.05, 3.63) is 65.0 Å². The molecular formula is C18H19N5O3S. The molecule has 0 atom stereocenters. The van der Waals surface area contributed by atoms with Gasteiger partial charge in [0.1, 0.15) is 12.4 Å². The molecule has 27 heavy (non-hydrogen) atoms. The summed E-state index contributed by atoms with van der Waals surface area (Å²) in [7, 11) is 0. The van der Waals surface area contributed by atoms with Crippen LogP contribution in [0.3, 0.4) is 0 Å². The number of esters is 1. The number of carbonyl (C=O) groups is 2. The highest BCUT2D eigenvalue weighted by Crippen LogP contribution is 2.11. The molecule has 0 aliphatic rings. The Labute approximate surface area is 161 Å².